The summed E-state index contributed by atoms with van der Waals surface area (Å²) in [6, 6.07) is 86.4. The first-order valence-electron chi connectivity index (χ1n) is 25.1. The van der Waals surface area contributed by atoms with Gasteiger partial charge in [0.05, 0.1) is 33.1 Å². The van der Waals surface area contributed by atoms with Crippen LogP contribution in [0.25, 0.3) is 77.7 Å². The molecule has 14 aromatic rings. The van der Waals surface area contributed by atoms with Crippen molar-refractivity contribution in [3.8, 4) is 22.5 Å². The fourth-order valence-corrected chi connectivity index (χ4v) is 14.1. The lowest BCUT2D eigenvalue weighted by molar-refractivity contribution is 1.14. The summed E-state index contributed by atoms with van der Waals surface area (Å²) in [5, 5.41) is 2.60. The second-order valence-corrected chi connectivity index (χ2v) is 20.0. The van der Waals surface area contributed by atoms with E-state index in [1.165, 1.54) is 133 Å². The van der Waals surface area contributed by atoms with Crippen molar-refractivity contribution in [3.63, 3.8) is 0 Å². The first-order chi connectivity index (χ1) is 35.8. The van der Waals surface area contributed by atoms with Gasteiger partial charge in [-0.2, -0.15) is 0 Å². The first kappa shape index (κ1) is 37.5. The highest BCUT2D eigenvalue weighted by Gasteiger charge is 2.47. The predicted molar refractivity (Wildman–Crippen MR) is 301 cm³/mol. The average Bonchev–Trinajstić information content (AvgIpc) is 4.18. The minimum absolute atomic E-state index is 0.00360. The van der Waals surface area contributed by atoms with Crippen molar-refractivity contribution in [2.45, 2.75) is 0 Å². The molecule has 6 nitrogen and oxygen atoms in total. The molecule has 0 N–H and O–H groups in total. The molecule has 0 saturated heterocycles. The smallest absolute Gasteiger partial charge is 0.255 e. The molecule has 0 aliphatic carbocycles. The minimum Gasteiger partial charge on any atom is -0.311 e. The van der Waals surface area contributed by atoms with Crippen LogP contribution in [0.15, 0.2) is 231 Å². The van der Waals surface area contributed by atoms with Gasteiger partial charge in [-0.05, 0) is 152 Å². The van der Waals surface area contributed by atoms with Crippen LogP contribution in [-0.2, 0) is 0 Å². The Hall–Kier alpha value is -9.39. The molecule has 18 rings (SSSR count). The summed E-state index contributed by atoms with van der Waals surface area (Å²) in [5.74, 6) is 0. The van der Waals surface area contributed by atoms with Crippen molar-refractivity contribution < 1.29 is 0 Å². The monoisotopic (exact) mass is 912 g/mol. The number of rotatable bonds is 3. The minimum atomic E-state index is 0.00360. The van der Waals surface area contributed by atoms with Gasteiger partial charge in [0, 0.05) is 45.5 Å². The third-order valence-electron chi connectivity index (χ3n) is 16.7. The largest absolute Gasteiger partial charge is 0.311 e. The lowest BCUT2D eigenvalue weighted by Crippen LogP contribution is -2.60. The average molecular weight is 913 g/mol. The summed E-state index contributed by atoms with van der Waals surface area (Å²) < 4.78 is 10.2. The van der Waals surface area contributed by atoms with Gasteiger partial charge in [-0.3, -0.25) is 17.9 Å². The number of hydrogen-bond donors (Lipinski definition) is 0. The van der Waals surface area contributed by atoms with Gasteiger partial charge < -0.3 is 9.80 Å². The van der Waals surface area contributed by atoms with E-state index in [1.807, 2.05) is 0 Å². The van der Waals surface area contributed by atoms with Crippen LogP contribution in [0.2, 0.25) is 0 Å². The van der Waals surface area contributed by atoms with Gasteiger partial charge in [-0.1, -0.05) is 133 Å². The molecular formula is C64H38B2N6. The number of anilines is 6. The molecule has 0 spiro atoms. The highest BCUT2D eigenvalue weighted by atomic mass is 15.2. The van der Waals surface area contributed by atoms with Gasteiger partial charge in [0.15, 0.2) is 0 Å². The molecule has 8 heteroatoms. The zero-order valence-electron chi connectivity index (χ0n) is 38.8. The number of para-hydroxylation sites is 10. The van der Waals surface area contributed by atoms with E-state index in [0.29, 0.717) is 0 Å². The van der Waals surface area contributed by atoms with E-state index in [9.17, 15) is 0 Å². The number of hydrogen-bond acceptors (Lipinski definition) is 2. The molecule has 0 atom stereocenters. The Balaban J connectivity index is 1.02. The van der Waals surface area contributed by atoms with E-state index >= 15 is 0 Å². The van der Waals surface area contributed by atoms with Gasteiger partial charge >= 0.3 is 0 Å². The number of benzene rings is 10. The Labute approximate surface area is 414 Å². The highest BCUT2D eigenvalue weighted by molar-refractivity contribution is 7.02. The molecule has 4 aliphatic heterocycles. The molecule has 0 amide bonds. The van der Waals surface area contributed by atoms with Crippen LogP contribution in [0.5, 0.6) is 0 Å². The zero-order chi connectivity index (χ0) is 46.5. The van der Waals surface area contributed by atoms with Crippen LogP contribution >= 0.6 is 0 Å². The number of fused-ring (bicyclic) bond motifs is 20. The topological polar surface area (TPSA) is 25.2 Å². The van der Waals surface area contributed by atoms with Gasteiger partial charge in [0.25, 0.3) is 13.4 Å². The number of nitrogens with zero attached hydrogens (tertiary/aromatic N) is 6. The van der Waals surface area contributed by atoms with E-state index in [1.54, 1.807) is 0 Å². The van der Waals surface area contributed by atoms with Gasteiger partial charge in [-0.15, -0.1) is 0 Å². The molecule has 4 aliphatic rings. The van der Waals surface area contributed by atoms with E-state index < -0.39 is 0 Å². The van der Waals surface area contributed by atoms with E-state index in [2.05, 4.69) is 258 Å². The summed E-state index contributed by atoms with van der Waals surface area (Å²) in [6.45, 7) is 0.00720. The molecule has 10 aromatic carbocycles. The maximum Gasteiger partial charge on any atom is 0.255 e. The van der Waals surface area contributed by atoms with Crippen molar-refractivity contribution in [1.82, 2.24) is 17.9 Å². The Morgan fingerprint density at radius 3 is 1.06 bits per heavy atom. The quantitative estimate of drug-likeness (QED) is 0.165. The summed E-state index contributed by atoms with van der Waals surface area (Å²) in [4.78, 5) is 5.07. The van der Waals surface area contributed by atoms with Crippen molar-refractivity contribution in [3.05, 3.63) is 231 Å². The third kappa shape index (κ3) is 4.43. The summed E-state index contributed by atoms with van der Waals surface area (Å²) in [5.41, 5.74) is 29.7. The third-order valence-corrected chi connectivity index (χ3v) is 16.7. The SMILES string of the molecule is c1ccc(N2c3ccccc3B3c4c2cc(-c2cc5c6c(c2)-n2c7ccccc7n7c8ccccc8c(c27)B6c2ccccc2N5c2ccccc2)cc4-n2c4ccccc4n4c5ccccc5c3c24)cc1. The van der Waals surface area contributed by atoms with Crippen LogP contribution in [0.3, 0.4) is 0 Å². The van der Waals surface area contributed by atoms with Crippen LogP contribution in [0.4, 0.5) is 34.1 Å². The number of aromatic nitrogens is 4. The van der Waals surface area contributed by atoms with Crippen LogP contribution < -0.4 is 42.6 Å². The molecule has 0 fully saturated rings. The van der Waals surface area contributed by atoms with Gasteiger partial charge in [0.1, 0.15) is 11.3 Å². The van der Waals surface area contributed by atoms with Crippen LogP contribution in [-0.4, -0.2) is 31.4 Å². The predicted octanol–water partition coefficient (Wildman–Crippen LogP) is 11.3. The molecule has 0 saturated carbocycles. The van der Waals surface area contributed by atoms with Crippen molar-refractivity contribution in [1.29, 1.82) is 0 Å². The Morgan fingerprint density at radius 1 is 0.264 bits per heavy atom. The lowest BCUT2D eigenvalue weighted by Gasteiger charge is -2.41. The van der Waals surface area contributed by atoms with E-state index in [0.717, 1.165) is 11.4 Å². The summed E-state index contributed by atoms with van der Waals surface area (Å²) in [6.07, 6.45) is 0. The fourth-order valence-electron chi connectivity index (χ4n) is 14.1. The first-order valence-corrected chi connectivity index (χ1v) is 25.1. The lowest BCUT2D eigenvalue weighted by atomic mass is 9.33. The Bertz CT molecular complexity index is 4430. The van der Waals surface area contributed by atoms with Crippen molar-refractivity contribution in [2.75, 3.05) is 9.80 Å². The molecule has 8 heterocycles. The summed E-state index contributed by atoms with van der Waals surface area (Å²) in [7, 11) is 0. The maximum atomic E-state index is 2.59. The molecule has 0 bridgehead atoms. The highest BCUT2D eigenvalue weighted by Crippen LogP contribution is 2.47. The second-order valence-electron chi connectivity index (χ2n) is 20.0. The number of imidazole rings is 2. The molecule has 4 aromatic heterocycles. The van der Waals surface area contributed by atoms with E-state index in [4.69, 9.17) is 0 Å². The Morgan fingerprint density at radius 2 is 0.611 bits per heavy atom. The van der Waals surface area contributed by atoms with E-state index in [-0.39, 0.29) is 13.4 Å². The standard InChI is InChI=1S/C64H38B2N6/c1-3-19-41(20-4-1)67-49-29-13-9-25-45(49)65-59-43-23-7-11-27-47(43)69-51-31-15-17-33-53(51)71(63(59)69)57-37-39(35-55(67)61(57)65)40-36-56-62-58(38-40)72-54-34-18-16-32-52(54)70-48-28-12-8-24-44(48)60(64(70)72)66(62)46-26-10-14-30-50(46)68(56)42-21-5-2-6-22-42/h1-38H. The van der Waals surface area contributed by atoms with Crippen LogP contribution in [0, 0.1) is 0 Å². The molecule has 0 radical (unpaired) electrons. The zero-order valence-corrected chi connectivity index (χ0v) is 38.8. The molecule has 330 valence electrons. The maximum absolute atomic E-state index is 2.59. The van der Waals surface area contributed by atoms with Gasteiger partial charge in [0.2, 0.25) is 0 Å². The van der Waals surface area contributed by atoms with Crippen LogP contribution in [0.1, 0.15) is 0 Å². The molecule has 72 heavy (non-hydrogen) atoms. The Kier molecular flexibility index (Phi) is 6.91. The fraction of sp³-hybridized carbons (Fsp3) is 0. The molecule has 0 unspecified atom stereocenters. The molecular weight excluding hydrogens is 874 g/mol. The normalized spacial score (nSPS) is 13.7. The van der Waals surface area contributed by atoms with Gasteiger partial charge in [-0.25, -0.2) is 0 Å². The van der Waals surface area contributed by atoms with Crippen molar-refractivity contribution in [2.24, 2.45) is 0 Å². The van der Waals surface area contributed by atoms with Crippen molar-refractivity contribution >= 4 is 135 Å². The second kappa shape index (κ2) is 13.3. The summed E-state index contributed by atoms with van der Waals surface area (Å²) >= 11 is 0.